The van der Waals surface area contributed by atoms with Gasteiger partial charge in [0.15, 0.2) is 5.65 Å². The van der Waals surface area contributed by atoms with Crippen LogP contribution in [0.2, 0.25) is 5.02 Å². The molecule has 0 spiro atoms. The van der Waals surface area contributed by atoms with Crippen molar-refractivity contribution in [2.24, 2.45) is 5.92 Å². The minimum Gasteiger partial charge on any atom is -0.350 e. The first kappa shape index (κ1) is 20.8. The van der Waals surface area contributed by atoms with Gasteiger partial charge in [-0.05, 0) is 43.6 Å². The molecule has 4 aromatic rings. The van der Waals surface area contributed by atoms with Crippen LogP contribution in [0.25, 0.3) is 22.6 Å². The molecule has 0 bridgehead atoms. The Balaban J connectivity index is 1.51. The zero-order valence-electron chi connectivity index (χ0n) is 17.2. The second-order valence-electron chi connectivity index (χ2n) is 7.88. The van der Waals surface area contributed by atoms with Gasteiger partial charge in [0, 0.05) is 30.3 Å². The van der Waals surface area contributed by atoms with Crippen LogP contribution in [0.15, 0.2) is 48.7 Å². The molecule has 9 heteroatoms. The molecule has 5 rings (SSSR count). The Morgan fingerprint density at radius 3 is 2.81 bits per heavy atom. The summed E-state index contributed by atoms with van der Waals surface area (Å²) in [4.78, 5) is 13.8. The van der Waals surface area contributed by atoms with Crippen LogP contribution in [0.3, 0.4) is 0 Å². The van der Waals surface area contributed by atoms with Crippen LogP contribution in [-0.4, -0.2) is 32.6 Å². The Morgan fingerprint density at radius 1 is 1.16 bits per heavy atom. The highest BCUT2D eigenvalue weighted by atomic mass is 35.5. The number of benzene rings is 2. The largest absolute Gasteiger partial charge is 0.350 e. The van der Waals surface area contributed by atoms with E-state index in [4.69, 9.17) is 16.6 Å². The van der Waals surface area contributed by atoms with E-state index in [1.165, 1.54) is 12.1 Å². The van der Waals surface area contributed by atoms with Crippen molar-refractivity contribution >= 4 is 28.7 Å². The number of nitrogens with one attached hydrogen (secondary N) is 2. The minimum atomic E-state index is -0.613. The normalized spacial score (nSPS) is 16.0. The average Bonchev–Trinajstić information content (AvgIpc) is 3.42. The molecule has 2 N–H and O–H groups in total. The summed E-state index contributed by atoms with van der Waals surface area (Å²) in [6.45, 7) is 2.80. The standard InChI is InChI=1S/C23H21ClF2N6/c24-18-4-2-1-3-17(18)21-30-20-12-29-23(28-11-15-5-6-16(25)9-19(15)26)31-22(20)32(21)13-14-7-8-27-10-14/h1-6,9,12,14,27H,7-8,10-11,13H2,(H,28,29,31)/t14-/m1/s1. The molecule has 32 heavy (non-hydrogen) atoms. The van der Waals surface area contributed by atoms with Gasteiger partial charge < -0.3 is 15.2 Å². The topological polar surface area (TPSA) is 67.7 Å². The van der Waals surface area contributed by atoms with E-state index in [0.717, 1.165) is 43.5 Å². The van der Waals surface area contributed by atoms with E-state index in [1.807, 2.05) is 24.3 Å². The second-order valence-corrected chi connectivity index (χ2v) is 8.28. The maximum Gasteiger partial charge on any atom is 0.225 e. The molecule has 2 aromatic carbocycles. The van der Waals surface area contributed by atoms with Crippen LogP contribution in [-0.2, 0) is 13.1 Å². The maximum atomic E-state index is 14.0. The second kappa shape index (κ2) is 8.80. The fraction of sp³-hybridized carbons (Fsp3) is 0.261. The fourth-order valence-corrected chi connectivity index (χ4v) is 4.21. The molecule has 0 aliphatic carbocycles. The highest BCUT2D eigenvalue weighted by molar-refractivity contribution is 6.33. The number of fused-ring (bicyclic) bond motifs is 1. The average molecular weight is 455 g/mol. The molecular weight excluding hydrogens is 434 g/mol. The van der Waals surface area contributed by atoms with E-state index in [1.54, 1.807) is 6.20 Å². The lowest BCUT2D eigenvalue weighted by Crippen LogP contribution is -2.16. The summed E-state index contributed by atoms with van der Waals surface area (Å²) in [7, 11) is 0. The van der Waals surface area contributed by atoms with Crippen molar-refractivity contribution in [3.63, 3.8) is 0 Å². The van der Waals surface area contributed by atoms with E-state index in [0.29, 0.717) is 33.6 Å². The van der Waals surface area contributed by atoms with Gasteiger partial charge in [-0.1, -0.05) is 29.8 Å². The van der Waals surface area contributed by atoms with Gasteiger partial charge in [0.05, 0.1) is 11.2 Å². The third-order valence-corrected chi connectivity index (χ3v) is 5.99. The maximum absolute atomic E-state index is 14.0. The molecule has 2 aromatic heterocycles. The van der Waals surface area contributed by atoms with Crippen LogP contribution >= 0.6 is 11.6 Å². The molecule has 0 amide bonds. The first-order valence-electron chi connectivity index (χ1n) is 10.4. The molecule has 1 aliphatic rings. The lowest BCUT2D eigenvalue weighted by atomic mass is 10.1. The number of hydrogen-bond acceptors (Lipinski definition) is 5. The van der Waals surface area contributed by atoms with Crippen molar-refractivity contribution in [2.45, 2.75) is 19.5 Å². The van der Waals surface area contributed by atoms with Gasteiger partial charge in [0.1, 0.15) is 23.0 Å². The summed E-state index contributed by atoms with van der Waals surface area (Å²) >= 11 is 6.47. The minimum absolute atomic E-state index is 0.135. The van der Waals surface area contributed by atoms with E-state index < -0.39 is 11.6 Å². The molecule has 0 radical (unpaired) electrons. The predicted octanol–water partition coefficient (Wildman–Crippen LogP) is 4.65. The lowest BCUT2D eigenvalue weighted by molar-refractivity contribution is 0.490. The predicted molar refractivity (Wildman–Crippen MR) is 120 cm³/mol. The van der Waals surface area contributed by atoms with E-state index in [2.05, 4.69) is 25.2 Å². The van der Waals surface area contributed by atoms with E-state index >= 15 is 0 Å². The van der Waals surface area contributed by atoms with Crippen LogP contribution in [0.1, 0.15) is 12.0 Å². The van der Waals surface area contributed by atoms with Gasteiger partial charge in [-0.3, -0.25) is 0 Å². The number of aromatic nitrogens is 4. The summed E-state index contributed by atoms with van der Waals surface area (Å²) in [5.41, 5.74) is 2.51. The van der Waals surface area contributed by atoms with Crippen LogP contribution in [0.4, 0.5) is 14.7 Å². The summed E-state index contributed by atoms with van der Waals surface area (Å²) < 4.78 is 29.2. The number of anilines is 1. The zero-order valence-corrected chi connectivity index (χ0v) is 17.9. The molecule has 0 saturated carbocycles. The number of nitrogens with zero attached hydrogens (tertiary/aromatic N) is 4. The van der Waals surface area contributed by atoms with Gasteiger partial charge in [0.25, 0.3) is 0 Å². The molecule has 1 aliphatic heterocycles. The van der Waals surface area contributed by atoms with Crippen molar-refractivity contribution in [3.05, 3.63) is 70.9 Å². The van der Waals surface area contributed by atoms with Crippen molar-refractivity contribution in [2.75, 3.05) is 18.4 Å². The van der Waals surface area contributed by atoms with E-state index in [9.17, 15) is 8.78 Å². The van der Waals surface area contributed by atoms with Gasteiger partial charge in [-0.2, -0.15) is 4.98 Å². The SMILES string of the molecule is Fc1ccc(CNc2ncc3nc(-c4ccccc4Cl)n(C[C@@H]4CCNC4)c3n2)c(F)c1. The van der Waals surface area contributed by atoms with Gasteiger partial charge in [-0.25, -0.2) is 18.7 Å². The summed E-state index contributed by atoms with van der Waals surface area (Å²) in [5, 5.41) is 7.04. The molecule has 0 unspecified atom stereocenters. The Labute approximate surface area is 188 Å². The molecule has 1 saturated heterocycles. The highest BCUT2D eigenvalue weighted by Crippen LogP contribution is 2.31. The quantitative estimate of drug-likeness (QED) is 0.444. The lowest BCUT2D eigenvalue weighted by Gasteiger charge is -2.14. The van der Waals surface area contributed by atoms with Crippen molar-refractivity contribution in [1.82, 2.24) is 24.8 Å². The number of imidazole rings is 1. The van der Waals surface area contributed by atoms with Gasteiger partial charge >= 0.3 is 0 Å². The summed E-state index contributed by atoms with van der Waals surface area (Å²) in [5.74, 6) is 0.319. The Hall–Kier alpha value is -3.10. The van der Waals surface area contributed by atoms with Crippen molar-refractivity contribution < 1.29 is 8.78 Å². The number of rotatable bonds is 6. The van der Waals surface area contributed by atoms with Crippen molar-refractivity contribution in [1.29, 1.82) is 0 Å². The van der Waals surface area contributed by atoms with Crippen molar-refractivity contribution in [3.8, 4) is 11.4 Å². The Bertz CT molecular complexity index is 1270. The third-order valence-electron chi connectivity index (χ3n) is 5.66. The summed E-state index contributed by atoms with van der Waals surface area (Å²) in [6.07, 6.45) is 2.72. The van der Waals surface area contributed by atoms with Crippen LogP contribution in [0, 0.1) is 17.6 Å². The van der Waals surface area contributed by atoms with Gasteiger partial charge in [-0.15, -0.1) is 0 Å². The molecule has 164 valence electrons. The zero-order chi connectivity index (χ0) is 22.1. The Morgan fingerprint density at radius 2 is 2.03 bits per heavy atom. The molecular formula is C23H21ClF2N6. The molecule has 1 fully saturated rings. The Kier molecular flexibility index (Phi) is 5.71. The first-order valence-corrected chi connectivity index (χ1v) is 10.8. The molecule has 3 heterocycles. The number of halogens is 3. The first-order chi connectivity index (χ1) is 15.6. The monoisotopic (exact) mass is 454 g/mol. The van der Waals surface area contributed by atoms with Crippen LogP contribution in [0.5, 0.6) is 0 Å². The molecule has 6 nitrogen and oxygen atoms in total. The third kappa shape index (κ3) is 4.16. The highest BCUT2D eigenvalue weighted by Gasteiger charge is 2.22. The van der Waals surface area contributed by atoms with Crippen LogP contribution < -0.4 is 10.6 Å². The fourth-order valence-electron chi connectivity index (χ4n) is 3.99. The summed E-state index contributed by atoms with van der Waals surface area (Å²) in [6, 6.07) is 11.1. The molecule has 1 atom stereocenters. The number of hydrogen-bond donors (Lipinski definition) is 2. The van der Waals surface area contributed by atoms with Gasteiger partial charge in [0.2, 0.25) is 5.95 Å². The van der Waals surface area contributed by atoms with E-state index in [-0.39, 0.29) is 6.54 Å². The smallest absolute Gasteiger partial charge is 0.225 e.